The van der Waals surface area contributed by atoms with Crippen LogP contribution in [0.15, 0.2) is 18.5 Å². The van der Waals surface area contributed by atoms with Crippen LogP contribution in [0.25, 0.3) is 11.0 Å². The van der Waals surface area contributed by atoms with Crippen molar-refractivity contribution < 1.29 is 5.11 Å². The van der Waals surface area contributed by atoms with Gasteiger partial charge >= 0.3 is 0 Å². The van der Waals surface area contributed by atoms with Crippen LogP contribution in [0.5, 0.6) is 5.75 Å². The Morgan fingerprint density at radius 3 is 2.87 bits per heavy atom. The fourth-order valence-corrected chi connectivity index (χ4v) is 1.44. The summed E-state index contributed by atoms with van der Waals surface area (Å²) >= 11 is 0. The molecule has 0 spiro atoms. The number of imidazole rings is 1. The summed E-state index contributed by atoms with van der Waals surface area (Å²) in [5, 5.41) is 9.50. The summed E-state index contributed by atoms with van der Waals surface area (Å²) in [5.41, 5.74) is 10.7. The molecular formula is C10H14N4O. The van der Waals surface area contributed by atoms with Crippen molar-refractivity contribution in [3.8, 4) is 5.75 Å². The molecule has 1 aromatic carbocycles. The molecule has 0 fully saturated rings. The van der Waals surface area contributed by atoms with Gasteiger partial charge in [0.05, 0.1) is 16.7 Å². The van der Waals surface area contributed by atoms with E-state index in [9.17, 15) is 5.11 Å². The van der Waals surface area contributed by atoms with Crippen molar-refractivity contribution in [3.05, 3.63) is 18.5 Å². The molecule has 0 amide bonds. The first-order chi connectivity index (χ1) is 7.08. The molecule has 0 saturated heterocycles. The van der Waals surface area contributed by atoms with Crippen molar-refractivity contribution in [1.82, 2.24) is 9.66 Å². The van der Waals surface area contributed by atoms with Gasteiger partial charge in [0.1, 0.15) is 12.1 Å². The average Bonchev–Trinajstić information content (AvgIpc) is 2.49. The number of rotatable bonds is 2. The fourth-order valence-electron chi connectivity index (χ4n) is 1.44. The quantitative estimate of drug-likeness (QED) is 0.511. The van der Waals surface area contributed by atoms with Gasteiger partial charge in [0.15, 0.2) is 0 Å². The number of hydrogen-bond donors (Lipinski definition) is 3. The molecule has 0 aliphatic rings. The summed E-state index contributed by atoms with van der Waals surface area (Å²) in [7, 11) is 0. The largest absolute Gasteiger partial charge is 0.506 e. The number of hydrogen-bond acceptors (Lipinski definition) is 4. The second kappa shape index (κ2) is 3.34. The minimum atomic E-state index is 0.0785. The van der Waals surface area contributed by atoms with E-state index in [1.807, 2.05) is 13.8 Å². The Bertz CT molecular complexity index is 489. The lowest BCUT2D eigenvalue weighted by Gasteiger charge is -2.11. The molecule has 1 heterocycles. The second-order valence-electron chi connectivity index (χ2n) is 3.80. The highest BCUT2D eigenvalue weighted by atomic mass is 16.3. The van der Waals surface area contributed by atoms with Gasteiger partial charge < -0.3 is 16.3 Å². The Morgan fingerprint density at radius 1 is 1.47 bits per heavy atom. The van der Waals surface area contributed by atoms with Crippen LogP contribution >= 0.6 is 0 Å². The first kappa shape index (κ1) is 9.64. The first-order valence-corrected chi connectivity index (χ1v) is 4.80. The minimum absolute atomic E-state index is 0.0785. The SMILES string of the molecule is CC(C)Nn1cnc2cc(N)c(O)cc21. The highest BCUT2D eigenvalue weighted by Gasteiger charge is 2.06. The van der Waals surface area contributed by atoms with Gasteiger partial charge in [-0.15, -0.1) is 0 Å². The molecule has 2 rings (SSSR count). The molecule has 0 saturated carbocycles. The first-order valence-electron chi connectivity index (χ1n) is 4.80. The molecule has 15 heavy (non-hydrogen) atoms. The number of nitrogen functional groups attached to an aromatic ring is 1. The second-order valence-corrected chi connectivity index (χ2v) is 3.80. The number of nitrogens with zero attached hydrogens (tertiary/aromatic N) is 2. The molecule has 80 valence electrons. The number of nitrogens with one attached hydrogen (secondary N) is 1. The predicted molar refractivity (Wildman–Crippen MR) is 60.3 cm³/mol. The molecule has 5 nitrogen and oxygen atoms in total. The highest BCUT2D eigenvalue weighted by molar-refractivity contribution is 5.82. The molecular weight excluding hydrogens is 192 g/mol. The van der Waals surface area contributed by atoms with Crippen LogP contribution < -0.4 is 11.2 Å². The lowest BCUT2D eigenvalue weighted by molar-refractivity contribution is 0.478. The molecule has 0 atom stereocenters. The Balaban J connectivity index is 2.54. The zero-order valence-electron chi connectivity index (χ0n) is 8.73. The van der Waals surface area contributed by atoms with Gasteiger partial charge in [0.2, 0.25) is 0 Å². The summed E-state index contributed by atoms with van der Waals surface area (Å²) < 4.78 is 1.78. The lowest BCUT2D eigenvalue weighted by Crippen LogP contribution is -2.21. The third-order valence-electron chi connectivity index (χ3n) is 2.09. The number of aromatic nitrogens is 2. The highest BCUT2D eigenvalue weighted by Crippen LogP contribution is 2.25. The predicted octanol–water partition coefficient (Wildman–Crippen LogP) is 1.28. The standard InChI is InChI=1S/C10H14N4O/c1-6(2)13-14-5-12-8-3-7(11)10(15)4-9(8)14/h3-6,13,15H,11H2,1-2H3. The van der Waals surface area contributed by atoms with Crippen LogP contribution in [-0.2, 0) is 0 Å². The number of nitrogens with two attached hydrogens (primary N) is 1. The molecule has 0 radical (unpaired) electrons. The van der Waals surface area contributed by atoms with Gasteiger partial charge in [-0.05, 0) is 19.9 Å². The minimum Gasteiger partial charge on any atom is -0.506 e. The molecule has 0 unspecified atom stereocenters. The van der Waals surface area contributed by atoms with Crippen molar-refractivity contribution >= 4 is 16.7 Å². The number of anilines is 1. The maximum atomic E-state index is 9.50. The van der Waals surface area contributed by atoms with E-state index >= 15 is 0 Å². The molecule has 0 aliphatic carbocycles. The van der Waals surface area contributed by atoms with Crippen molar-refractivity contribution in [3.63, 3.8) is 0 Å². The molecule has 2 aromatic rings. The van der Waals surface area contributed by atoms with E-state index in [2.05, 4.69) is 10.4 Å². The molecule has 4 N–H and O–H groups in total. The third-order valence-corrected chi connectivity index (χ3v) is 2.09. The van der Waals surface area contributed by atoms with Crippen LogP contribution in [-0.4, -0.2) is 20.8 Å². The normalized spacial score (nSPS) is 11.1. The maximum absolute atomic E-state index is 9.50. The van der Waals surface area contributed by atoms with Crippen molar-refractivity contribution in [2.45, 2.75) is 19.9 Å². The van der Waals surface area contributed by atoms with Gasteiger partial charge in [-0.1, -0.05) is 0 Å². The van der Waals surface area contributed by atoms with Crippen LogP contribution in [0.4, 0.5) is 5.69 Å². The Kier molecular flexibility index (Phi) is 2.15. The van der Waals surface area contributed by atoms with Gasteiger partial charge in [-0.2, -0.15) is 0 Å². The van der Waals surface area contributed by atoms with Crippen molar-refractivity contribution in [2.24, 2.45) is 0 Å². The van der Waals surface area contributed by atoms with Gasteiger partial charge in [0, 0.05) is 12.1 Å². The number of aromatic hydroxyl groups is 1. The molecule has 0 bridgehead atoms. The zero-order valence-corrected chi connectivity index (χ0v) is 8.73. The Labute approximate surface area is 87.5 Å². The molecule has 1 aromatic heterocycles. The maximum Gasteiger partial charge on any atom is 0.140 e. The topological polar surface area (TPSA) is 76.1 Å². The number of benzene rings is 1. The van der Waals surface area contributed by atoms with E-state index in [4.69, 9.17) is 5.73 Å². The Hall–Kier alpha value is -1.91. The van der Waals surface area contributed by atoms with E-state index in [1.54, 1.807) is 23.1 Å². The summed E-state index contributed by atoms with van der Waals surface area (Å²) in [6.45, 7) is 4.06. The van der Waals surface area contributed by atoms with E-state index in [0.29, 0.717) is 11.7 Å². The summed E-state index contributed by atoms with van der Waals surface area (Å²) in [5.74, 6) is 0.0785. The van der Waals surface area contributed by atoms with E-state index in [0.717, 1.165) is 11.0 Å². The Morgan fingerprint density at radius 2 is 2.20 bits per heavy atom. The van der Waals surface area contributed by atoms with E-state index in [1.165, 1.54) is 0 Å². The van der Waals surface area contributed by atoms with Gasteiger partial charge in [-0.25, -0.2) is 9.66 Å². The number of fused-ring (bicyclic) bond motifs is 1. The lowest BCUT2D eigenvalue weighted by atomic mass is 10.2. The smallest absolute Gasteiger partial charge is 0.140 e. The average molecular weight is 206 g/mol. The number of phenols is 1. The van der Waals surface area contributed by atoms with Crippen molar-refractivity contribution in [1.29, 1.82) is 0 Å². The fraction of sp³-hybridized carbons (Fsp3) is 0.300. The summed E-state index contributed by atoms with van der Waals surface area (Å²) in [6.07, 6.45) is 1.67. The van der Waals surface area contributed by atoms with Crippen LogP contribution in [0.3, 0.4) is 0 Å². The monoisotopic (exact) mass is 206 g/mol. The molecule has 5 heteroatoms. The summed E-state index contributed by atoms with van der Waals surface area (Å²) in [4.78, 5) is 4.18. The van der Waals surface area contributed by atoms with E-state index < -0.39 is 0 Å². The van der Waals surface area contributed by atoms with E-state index in [-0.39, 0.29) is 5.75 Å². The number of phenolic OH excluding ortho intramolecular Hbond substituents is 1. The van der Waals surface area contributed by atoms with Gasteiger partial charge in [0.25, 0.3) is 0 Å². The van der Waals surface area contributed by atoms with Crippen LogP contribution in [0, 0.1) is 0 Å². The molecule has 0 aliphatic heterocycles. The van der Waals surface area contributed by atoms with Gasteiger partial charge in [-0.3, -0.25) is 0 Å². The summed E-state index contributed by atoms with van der Waals surface area (Å²) in [6, 6.07) is 3.55. The van der Waals surface area contributed by atoms with Crippen LogP contribution in [0.2, 0.25) is 0 Å². The third kappa shape index (κ3) is 1.68. The van der Waals surface area contributed by atoms with Crippen LogP contribution in [0.1, 0.15) is 13.8 Å². The van der Waals surface area contributed by atoms with Crippen molar-refractivity contribution in [2.75, 3.05) is 11.2 Å². The zero-order chi connectivity index (χ0) is 11.0.